The molecule has 37 heavy (non-hydrogen) atoms. The van der Waals surface area contributed by atoms with Gasteiger partial charge in [0.05, 0.1) is 13.2 Å². The van der Waals surface area contributed by atoms with Crippen molar-refractivity contribution in [2.75, 3.05) is 26.3 Å². The van der Waals surface area contributed by atoms with Crippen LogP contribution >= 0.6 is 0 Å². The van der Waals surface area contributed by atoms with E-state index >= 15 is 0 Å². The smallest absolute Gasteiger partial charge is 0.255 e. The van der Waals surface area contributed by atoms with E-state index in [0.29, 0.717) is 31.6 Å². The molecule has 1 aromatic carbocycles. The number of benzene rings is 1. The third-order valence-corrected chi connectivity index (χ3v) is 7.45. The lowest BCUT2D eigenvalue weighted by Gasteiger charge is -2.36. The topological polar surface area (TPSA) is 99.2 Å². The molecule has 3 aliphatic rings. The Morgan fingerprint density at radius 3 is 2.54 bits per heavy atom. The number of nitrogens with one attached hydrogen (secondary N) is 1. The van der Waals surface area contributed by atoms with Crippen LogP contribution < -0.4 is 5.32 Å². The molecule has 2 N–H and O–H groups in total. The second-order valence-electron chi connectivity index (χ2n) is 10.4. The van der Waals surface area contributed by atoms with Gasteiger partial charge in [0.1, 0.15) is 17.7 Å². The number of hydrogen-bond donors (Lipinski definition) is 2. The van der Waals surface area contributed by atoms with Gasteiger partial charge in [-0.1, -0.05) is 62.9 Å². The highest BCUT2D eigenvalue weighted by molar-refractivity contribution is 6.03. The molecule has 0 bridgehead atoms. The van der Waals surface area contributed by atoms with Crippen LogP contribution in [0.2, 0.25) is 0 Å². The van der Waals surface area contributed by atoms with Crippen molar-refractivity contribution in [1.82, 2.24) is 15.1 Å². The molecular formula is C29H37N3O5. The summed E-state index contributed by atoms with van der Waals surface area (Å²) in [6, 6.07) is 6.23. The molecule has 198 valence electrons. The summed E-state index contributed by atoms with van der Waals surface area (Å²) in [4.78, 5) is 43.4. The third-order valence-electron chi connectivity index (χ3n) is 7.45. The highest BCUT2D eigenvalue weighted by Crippen LogP contribution is 2.30. The summed E-state index contributed by atoms with van der Waals surface area (Å²) in [6.45, 7) is 11.3. The maximum absolute atomic E-state index is 13.8. The molecule has 3 amide bonds. The first-order valence-electron chi connectivity index (χ1n) is 13.0. The number of aliphatic hydroxyl groups is 1. The molecule has 0 aromatic heterocycles. The number of rotatable bonds is 9. The number of ether oxygens (including phenoxy) is 1. The van der Waals surface area contributed by atoms with Crippen LogP contribution in [0.5, 0.6) is 0 Å². The second kappa shape index (κ2) is 11.0. The van der Waals surface area contributed by atoms with Gasteiger partial charge in [-0.25, -0.2) is 0 Å². The maximum atomic E-state index is 13.8. The molecule has 3 aliphatic heterocycles. The Bertz CT molecular complexity index is 1120. The van der Waals surface area contributed by atoms with E-state index in [0.717, 1.165) is 23.1 Å². The van der Waals surface area contributed by atoms with Crippen LogP contribution in [0.3, 0.4) is 0 Å². The minimum atomic E-state index is -0.925. The number of carbonyl (C=O) groups is 3. The zero-order valence-electron chi connectivity index (χ0n) is 21.9. The first kappa shape index (κ1) is 26.8. The van der Waals surface area contributed by atoms with Crippen LogP contribution in [0.25, 0.3) is 0 Å². The van der Waals surface area contributed by atoms with E-state index in [-0.39, 0.29) is 36.9 Å². The number of amides is 3. The lowest BCUT2D eigenvalue weighted by Crippen LogP contribution is -2.55. The van der Waals surface area contributed by atoms with Gasteiger partial charge in [-0.3, -0.25) is 14.4 Å². The first-order valence-corrected chi connectivity index (χ1v) is 13.0. The summed E-state index contributed by atoms with van der Waals surface area (Å²) < 4.78 is 5.11. The zero-order valence-corrected chi connectivity index (χ0v) is 21.9. The van der Waals surface area contributed by atoms with Gasteiger partial charge in [-0.2, -0.15) is 0 Å². The van der Waals surface area contributed by atoms with Crippen molar-refractivity contribution in [3.05, 3.63) is 71.3 Å². The van der Waals surface area contributed by atoms with Crippen molar-refractivity contribution in [3.8, 4) is 0 Å². The standard InChI is InChI=1S/C29H37N3O5/c1-5-8-21-16-32(27(34)23(21)6-2)25(19(3)4)28(35)31-14-7-9-24(31)26(33)30-15-20-10-12-22(13-11-20)29(36)17-37-18-29/h5-6,8,10-13,19,24-25,36H,2,7,9,14-18H2,1,3-4H3,(H,30,33)/b8-5-. The highest BCUT2D eigenvalue weighted by Gasteiger charge is 2.44. The van der Waals surface area contributed by atoms with Crippen LogP contribution in [0, 0.1) is 5.92 Å². The molecule has 4 rings (SSSR count). The third kappa shape index (κ3) is 5.26. The molecule has 8 heteroatoms. The normalized spacial score (nSPS) is 22.1. The van der Waals surface area contributed by atoms with Gasteiger partial charge in [0.2, 0.25) is 11.8 Å². The van der Waals surface area contributed by atoms with Crippen molar-refractivity contribution < 1.29 is 24.2 Å². The fourth-order valence-electron chi connectivity index (χ4n) is 5.37. The summed E-state index contributed by atoms with van der Waals surface area (Å²) in [6.07, 6.45) is 6.63. The minimum absolute atomic E-state index is 0.119. The molecular weight excluding hydrogens is 470 g/mol. The van der Waals surface area contributed by atoms with E-state index < -0.39 is 17.7 Å². The number of hydrogen-bond acceptors (Lipinski definition) is 5. The average molecular weight is 508 g/mol. The Labute approximate surface area is 218 Å². The predicted molar refractivity (Wildman–Crippen MR) is 140 cm³/mol. The van der Waals surface area contributed by atoms with E-state index in [2.05, 4.69) is 11.9 Å². The summed E-state index contributed by atoms with van der Waals surface area (Å²) >= 11 is 0. The summed E-state index contributed by atoms with van der Waals surface area (Å²) in [7, 11) is 0. The van der Waals surface area contributed by atoms with Crippen molar-refractivity contribution >= 4 is 17.7 Å². The van der Waals surface area contributed by atoms with Gasteiger partial charge >= 0.3 is 0 Å². The molecule has 2 saturated heterocycles. The van der Waals surface area contributed by atoms with E-state index in [4.69, 9.17) is 4.74 Å². The number of likely N-dealkylation sites (tertiary alicyclic amines) is 1. The Balaban J connectivity index is 1.42. The Morgan fingerprint density at radius 2 is 1.97 bits per heavy atom. The molecule has 2 atom stereocenters. The van der Waals surface area contributed by atoms with Crippen LogP contribution in [0.4, 0.5) is 0 Å². The van der Waals surface area contributed by atoms with Gasteiger partial charge in [0.15, 0.2) is 0 Å². The van der Waals surface area contributed by atoms with Crippen molar-refractivity contribution in [2.24, 2.45) is 5.92 Å². The van der Waals surface area contributed by atoms with Gasteiger partial charge in [0, 0.05) is 25.2 Å². The molecule has 2 unspecified atom stereocenters. The fourth-order valence-corrected chi connectivity index (χ4v) is 5.37. The van der Waals surface area contributed by atoms with Gasteiger partial charge in [-0.15, -0.1) is 0 Å². The van der Waals surface area contributed by atoms with E-state index in [1.165, 1.54) is 0 Å². The van der Waals surface area contributed by atoms with Crippen LogP contribution in [0.15, 0.2) is 60.2 Å². The molecule has 3 heterocycles. The quantitative estimate of drug-likeness (QED) is 0.535. The molecule has 0 spiro atoms. The minimum Gasteiger partial charge on any atom is -0.380 e. The molecule has 8 nitrogen and oxygen atoms in total. The SMILES string of the molecule is C=CC1=C(/C=C\C)CN(C(C(=O)N2CCCC2C(=O)NCc2ccc(C3(O)COC3)cc2)C(C)C)C1=O. The molecule has 0 radical (unpaired) electrons. The van der Waals surface area contributed by atoms with Crippen molar-refractivity contribution in [2.45, 2.75) is 57.8 Å². The Morgan fingerprint density at radius 1 is 1.27 bits per heavy atom. The van der Waals surface area contributed by atoms with Crippen LogP contribution in [-0.4, -0.2) is 71.0 Å². The molecule has 1 aromatic rings. The van der Waals surface area contributed by atoms with Crippen LogP contribution in [-0.2, 0) is 31.3 Å². The predicted octanol–water partition coefficient (Wildman–Crippen LogP) is 2.44. The van der Waals surface area contributed by atoms with Gasteiger partial charge in [0.25, 0.3) is 5.91 Å². The van der Waals surface area contributed by atoms with Gasteiger partial charge < -0.3 is 25.0 Å². The van der Waals surface area contributed by atoms with Crippen molar-refractivity contribution in [1.29, 1.82) is 0 Å². The first-order chi connectivity index (χ1) is 17.7. The molecule has 0 saturated carbocycles. The molecule has 2 fully saturated rings. The average Bonchev–Trinajstić information content (AvgIpc) is 3.46. The fraction of sp³-hybridized carbons (Fsp3) is 0.483. The van der Waals surface area contributed by atoms with E-state index in [9.17, 15) is 19.5 Å². The lowest BCUT2D eigenvalue weighted by molar-refractivity contribution is -0.184. The monoisotopic (exact) mass is 507 g/mol. The van der Waals surface area contributed by atoms with E-state index in [1.54, 1.807) is 15.9 Å². The Kier molecular flexibility index (Phi) is 7.99. The number of nitrogens with zero attached hydrogens (tertiary/aromatic N) is 2. The summed E-state index contributed by atoms with van der Waals surface area (Å²) in [5.74, 6) is -0.703. The lowest BCUT2D eigenvalue weighted by atomic mass is 9.91. The number of carbonyl (C=O) groups excluding carboxylic acids is 3. The van der Waals surface area contributed by atoms with Gasteiger partial charge in [-0.05, 0) is 42.4 Å². The summed E-state index contributed by atoms with van der Waals surface area (Å²) in [5, 5.41) is 13.4. The largest absolute Gasteiger partial charge is 0.380 e. The second-order valence-corrected chi connectivity index (χ2v) is 10.4. The zero-order chi connectivity index (χ0) is 26.7. The Hall–Kier alpha value is -3.23. The highest BCUT2D eigenvalue weighted by atomic mass is 16.5. The maximum Gasteiger partial charge on any atom is 0.255 e. The van der Waals surface area contributed by atoms with E-state index in [1.807, 2.05) is 57.2 Å². The van der Waals surface area contributed by atoms with Crippen LogP contribution in [0.1, 0.15) is 44.7 Å². The summed E-state index contributed by atoms with van der Waals surface area (Å²) in [5.41, 5.74) is 2.14. The number of allylic oxidation sites excluding steroid dienone is 1. The van der Waals surface area contributed by atoms with Crippen molar-refractivity contribution in [3.63, 3.8) is 0 Å². The molecule has 0 aliphatic carbocycles.